The summed E-state index contributed by atoms with van der Waals surface area (Å²) >= 11 is 6.12. The van der Waals surface area contributed by atoms with Gasteiger partial charge < -0.3 is 19.7 Å². The van der Waals surface area contributed by atoms with Gasteiger partial charge in [0.1, 0.15) is 11.8 Å². The molecule has 1 atom stereocenters. The van der Waals surface area contributed by atoms with Crippen LogP contribution in [-0.2, 0) is 43.9 Å². The van der Waals surface area contributed by atoms with Gasteiger partial charge in [-0.15, -0.1) is 0 Å². The standard InChI is InChI=1S/C34H35ClN4O6S/c35-29-10-8-27(9-11-29)24-39(32(21-26-5-2-1-3-6-26)34(41)37-23-28-7-4-16-36-22-28)33(40)25-45-30-12-14-31(15-13-30)46(42,43)38-17-19-44-20-18-38/h1-16,22,32H,17-21,23-25H2,(H,37,41)/t32-/m1/s1. The number of carbonyl (C=O) groups excluding carboxylic acids is 2. The van der Waals surface area contributed by atoms with Crippen molar-refractivity contribution < 1.29 is 27.5 Å². The molecule has 0 spiro atoms. The van der Waals surface area contributed by atoms with Gasteiger partial charge in [-0.3, -0.25) is 14.6 Å². The summed E-state index contributed by atoms with van der Waals surface area (Å²) in [6.45, 7) is 1.29. The zero-order chi connectivity index (χ0) is 32.4. The first-order chi connectivity index (χ1) is 22.3. The number of rotatable bonds is 13. The van der Waals surface area contributed by atoms with Crippen LogP contribution in [-0.4, -0.2) is 73.4 Å². The van der Waals surface area contributed by atoms with Crippen molar-refractivity contribution in [3.63, 3.8) is 0 Å². The number of ether oxygens (including phenoxy) is 2. The number of benzene rings is 3. The highest BCUT2D eigenvalue weighted by atomic mass is 35.5. The van der Waals surface area contributed by atoms with Gasteiger partial charge in [0, 0.05) is 50.0 Å². The lowest BCUT2D eigenvalue weighted by Gasteiger charge is -2.31. The van der Waals surface area contributed by atoms with Crippen molar-refractivity contribution in [3.05, 3.63) is 125 Å². The Kier molecular flexibility index (Phi) is 11.4. The summed E-state index contributed by atoms with van der Waals surface area (Å²) in [5, 5.41) is 3.52. The number of aromatic nitrogens is 1. The SMILES string of the molecule is O=C(NCc1cccnc1)[C@@H](Cc1ccccc1)N(Cc1ccc(Cl)cc1)C(=O)COc1ccc(S(=O)(=O)N2CCOCC2)cc1. The third-order valence-corrected chi connectivity index (χ3v) is 9.69. The van der Waals surface area contributed by atoms with E-state index in [0.29, 0.717) is 37.1 Å². The van der Waals surface area contributed by atoms with Crippen LogP contribution in [0.5, 0.6) is 5.75 Å². The van der Waals surface area contributed by atoms with Gasteiger partial charge in [-0.1, -0.05) is 60.1 Å². The summed E-state index contributed by atoms with van der Waals surface area (Å²) in [5.74, 6) is -0.425. The summed E-state index contributed by atoms with van der Waals surface area (Å²) in [4.78, 5) is 33.4. The van der Waals surface area contributed by atoms with E-state index in [-0.39, 0.29) is 36.9 Å². The summed E-state index contributed by atoms with van der Waals surface area (Å²) in [6, 6.07) is 25.3. The molecule has 1 N–H and O–H groups in total. The number of carbonyl (C=O) groups is 2. The molecule has 4 aromatic rings. The minimum absolute atomic E-state index is 0.130. The minimum atomic E-state index is -3.67. The van der Waals surface area contributed by atoms with Gasteiger partial charge in [-0.25, -0.2) is 8.42 Å². The van der Waals surface area contributed by atoms with E-state index in [0.717, 1.165) is 16.7 Å². The van der Waals surface area contributed by atoms with Crippen LogP contribution in [0.4, 0.5) is 0 Å². The molecule has 5 rings (SSSR count). The Morgan fingerprint density at radius 2 is 1.61 bits per heavy atom. The molecule has 12 heteroatoms. The van der Waals surface area contributed by atoms with E-state index >= 15 is 0 Å². The van der Waals surface area contributed by atoms with Crippen LogP contribution >= 0.6 is 11.6 Å². The lowest BCUT2D eigenvalue weighted by atomic mass is 10.0. The lowest BCUT2D eigenvalue weighted by molar-refractivity contribution is -0.142. The zero-order valence-corrected chi connectivity index (χ0v) is 26.7. The third-order valence-electron chi connectivity index (χ3n) is 7.52. The van der Waals surface area contributed by atoms with Gasteiger partial charge in [0.05, 0.1) is 18.1 Å². The monoisotopic (exact) mass is 662 g/mol. The predicted octanol–water partition coefficient (Wildman–Crippen LogP) is 4.09. The van der Waals surface area contributed by atoms with Crippen molar-refractivity contribution in [1.82, 2.24) is 19.5 Å². The van der Waals surface area contributed by atoms with Crippen LogP contribution in [0.15, 0.2) is 108 Å². The molecule has 1 fully saturated rings. The van der Waals surface area contributed by atoms with E-state index < -0.39 is 22.0 Å². The van der Waals surface area contributed by atoms with E-state index in [1.165, 1.54) is 33.5 Å². The second-order valence-electron chi connectivity index (χ2n) is 10.7. The first-order valence-electron chi connectivity index (χ1n) is 14.8. The molecule has 240 valence electrons. The number of pyridine rings is 1. The smallest absolute Gasteiger partial charge is 0.261 e. The Morgan fingerprint density at radius 1 is 0.913 bits per heavy atom. The summed E-state index contributed by atoms with van der Waals surface area (Å²) in [5.41, 5.74) is 2.50. The molecule has 0 bridgehead atoms. The fraction of sp³-hybridized carbons (Fsp3) is 0.265. The third kappa shape index (κ3) is 8.91. The average Bonchev–Trinajstić information content (AvgIpc) is 3.10. The molecule has 1 aliphatic heterocycles. The Bertz CT molecular complexity index is 1690. The van der Waals surface area contributed by atoms with Gasteiger partial charge in [0.25, 0.3) is 5.91 Å². The Balaban J connectivity index is 1.35. The minimum Gasteiger partial charge on any atom is -0.484 e. The molecular weight excluding hydrogens is 628 g/mol. The van der Waals surface area contributed by atoms with E-state index in [4.69, 9.17) is 21.1 Å². The Labute approximate surface area is 274 Å². The Morgan fingerprint density at radius 3 is 2.28 bits per heavy atom. The number of amides is 2. The summed E-state index contributed by atoms with van der Waals surface area (Å²) < 4.78 is 38.5. The van der Waals surface area contributed by atoms with E-state index in [2.05, 4.69) is 10.3 Å². The molecule has 1 aliphatic rings. The highest BCUT2D eigenvalue weighted by molar-refractivity contribution is 7.89. The van der Waals surface area contributed by atoms with Gasteiger partial charge in [-0.2, -0.15) is 4.31 Å². The topological polar surface area (TPSA) is 118 Å². The molecule has 0 aliphatic carbocycles. The molecule has 2 amide bonds. The maximum Gasteiger partial charge on any atom is 0.261 e. The zero-order valence-electron chi connectivity index (χ0n) is 25.1. The van der Waals surface area contributed by atoms with Crippen LogP contribution in [0.25, 0.3) is 0 Å². The average molecular weight is 663 g/mol. The maximum atomic E-state index is 13.9. The largest absolute Gasteiger partial charge is 0.484 e. The number of morpholine rings is 1. The molecule has 2 heterocycles. The molecular formula is C34H35ClN4O6S. The van der Waals surface area contributed by atoms with Crippen LogP contribution in [0.1, 0.15) is 16.7 Å². The maximum absolute atomic E-state index is 13.9. The molecule has 0 radical (unpaired) electrons. The molecule has 46 heavy (non-hydrogen) atoms. The normalized spacial score (nSPS) is 14.3. The summed E-state index contributed by atoms with van der Waals surface area (Å²) in [7, 11) is -3.67. The van der Waals surface area contributed by atoms with Crippen molar-refractivity contribution >= 4 is 33.4 Å². The molecule has 1 aromatic heterocycles. The van der Waals surface area contributed by atoms with E-state index in [1.807, 2.05) is 48.5 Å². The Hall–Kier alpha value is -4.29. The highest BCUT2D eigenvalue weighted by Gasteiger charge is 2.31. The molecule has 10 nitrogen and oxygen atoms in total. The molecule has 1 saturated heterocycles. The quantitative estimate of drug-likeness (QED) is 0.229. The van der Waals surface area contributed by atoms with Crippen molar-refractivity contribution in [2.45, 2.75) is 30.4 Å². The highest BCUT2D eigenvalue weighted by Crippen LogP contribution is 2.22. The fourth-order valence-electron chi connectivity index (χ4n) is 5.02. The number of nitrogens with zero attached hydrogens (tertiary/aromatic N) is 3. The van der Waals surface area contributed by atoms with Crippen LogP contribution < -0.4 is 10.1 Å². The summed E-state index contributed by atoms with van der Waals surface area (Å²) in [6.07, 6.45) is 3.61. The van der Waals surface area contributed by atoms with Gasteiger partial charge in [-0.05, 0) is 59.2 Å². The molecule has 0 unspecified atom stereocenters. The number of nitrogens with one attached hydrogen (secondary N) is 1. The van der Waals surface area contributed by atoms with E-state index in [9.17, 15) is 18.0 Å². The van der Waals surface area contributed by atoms with Crippen molar-refractivity contribution in [1.29, 1.82) is 0 Å². The van der Waals surface area contributed by atoms with Gasteiger partial charge in [0.2, 0.25) is 15.9 Å². The van der Waals surface area contributed by atoms with Crippen LogP contribution in [0.3, 0.4) is 0 Å². The number of hydrogen-bond acceptors (Lipinski definition) is 7. The van der Waals surface area contributed by atoms with Crippen molar-refractivity contribution in [3.8, 4) is 5.75 Å². The second-order valence-corrected chi connectivity index (χ2v) is 13.1. The second kappa shape index (κ2) is 15.8. The molecule has 0 saturated carbocycles. The first-order valence-corrected chi connectivity index (χ1v) is 16.7. The van der Waals surface area contributed by atoms with Gasteiger partial charge in [0.15, 0.2) is 6.61 Å². The number of halogens is 1. The van der Waals surface area contributed by atoms with E-state index in [1.54, 1.807) is 30.6 Å². The van der Waals surface area contributed by atoms with Gasteiger partial charge >= 0.3 is 0 Å². The van der Waals surface area contributed by atoms with Crippen LogP contribution in [0, 0.1) is 0 Å². The number of sulfonamides is 1. The first kappa shape index (κ1) is 33.1. The van der Waals surface area contributed by atoms with Crippen molar-refractivity contribution in [2.24, 2.45) is 0 Å². The fourth-order valence-corrected chi connectivity index (χ4v) is 6.56. The molecule has 3 aromatic carbocycles. The number of hydrogen-bond donors (Lipinski definition) is 1. The van der Waals surface area contributed by atoms with Crippen LogP contribution in [0.2, 0.25) is 5.02 Å². The lowest BCUT2D eigenvalue weighted by Crippen LogP contribution is -2.51. The van der Waals surface area contributed by atoms with Crippen molar-refractivity contribution in [2.75, 3.05) is 32.9 Å². The predicted molar refractivity (Wildman–Crippen MR) is 174 cm³/mol.